The molecule has 0 bridgehead atoms. The van der Waals surface area contributed by atoms with E-state index in [0.29, 0.717) is 12.8 Å². The third-order valence-corrected chi connectivity index (χ3v) is 6.25. The summed E-state index contributed by atoms with van der Waals surface area (Å²) in [5, 5.41) is 20.5. The Morgan fingerprint density at radius 2 is 1.03 bits per heavy atom. The monoisotopic (exact) mass is 484 g/mol. The number of esters is 2. The van der Waals surface area contributed by atoms with Crippen LogP contribution >= 0.6 is 0 Å². The van der Waals surface area contributed by atoms with Crippen molar-refractivity contribution in [1.82, 2.24) is 0 Å². The molecule has 6 heteroatoms. The largest absolute Gasteiger partial charge is 0.508 e. The quantitative estimate of drug-likeness (QED) is 0.357. The van der Waals surface area contributed by atoms with Crippen molar-refractivity contribution in [3.8, 4) is 11.5 Å². The van der Waals surface area contributed by atoms with Crippen molar-refractivity contribution >= 4 is 11.9 Å². The molecule has 192 valence electrons. The van der Waals surface area contributed by atoms with Crippen molar-refractivity contribution < 1.29 is 29.3 Å². The van der Waals surface area contributed by atoms with E-state index in [1.807, 2.05) is 67.5 Å². The van der Waals surface area contributed by atoms with Gasteiger partial charge in [-0.15, -0.1) is 0 Å². The second kappa shape index (κ2) is 11.1. The van der Waals surface area contributed by atoms with Crippen molar-refractivity contribution in [3.05, 3.63) is 57.6 Å². The van der Waals surface area contributed by atoms with Crippen LogP contribution in [-0.2, 0) is 42.7 Å². The fraction of sp³-hybridized carbons (Fsp3) is 0.517. The predicted octanol–water partition coefficient (Wildman–Crippen LogP) is 5.92. The Morgan fingerprint density at radius 3 is 1.34 bits per heavy atom. The molecule has 0 heterocycles. The molecule has 0 saturated heterocycles. The molecule has 2 rings (SSSR count). The minimum Gasteiger partial charge on any atom is -0.508 e. The number of aromatic hydroxyl groups is 2. The van der Waals surface area contributed by atoms with E-state index in [4.69, 9.17) is 9.47 Å². The van der Waals surface area contributed by atoms with Gasteiger partial charge in [-0.25, -0.2) is 0 Å². The number of rotatable bonds is 8. The van der Waals surface area contributed by atoms with Crippen LogP contribution in [0.15, 0.2) is 24.3 Å². The first kappa shape index (κ1) is 28.2. The lowest BCUT2D eigenvalue weighted by atomic mass is 9.81. The highest BCUT2D eigenvalue weighted by Crippen LogP contribution is 2.36. The lowest BCUT2D eigenvalue weighted by Gasteiger charge is -2.24. The van der Waals surface area contributed by atoms with Crippen LogP contribution < -0.4 is 0 Å². The number of ether oxygens (including phenoxy) is 2. The zero-order chi connectivity index (χ0) is 26.6. The molecule has 0 fully saturated rings. The van der Waals surface area contributed by atoms with Crippen molar-refractivity contribution in [2.45, 2.75) is 91.9 Å². The SMILES string of the molecule is Cc1c(CCC(=O)OCOC(=O)CCc2ccc(O)c(C(C)(C)C)c2C)ccc(O)c1C(C)(C)C. The molecule has 0 aliphatic heterocycles. The van der Waals surface area contributed by atoms with Gasteiger partial charge in [0.05, 0.1) is 0 Å². The normalized spacial score (nSPS) is 11.9. The maximum absolute atomic E-state index is 12.2. The number of aryl methyl sites for hydroxylation is 2. The van der Waals surface area contributed by atoms with E-state index < -0.39 is 18.7 Å². The lowest BCUT2D eigenvalue weighted by Crippen LogP contribution is -2.16. The average Bonchev–Trinajstić information content (AvgIpc) is 2.70. The minimum atomic E-state index is -0.452. The van der Waals surface area contributed by atoms with Gasteiger partial charge < -0.3 is 19.7 Å². The second-order valence-electron chi connectivity index (χ2n) is 11.1. The van der Waals surface area contributed by atoms with Gasteiger partial charge in [-0.1, -0.05) is 53.7 Å². The lowest BCUT2D eigenvalue weighted by molar-refractivity contribution is -0.167. The van der Waals surface area contributed by atoms with Crippen LogP contribution in [0.5, 0.6) is 11.5 Å². The van der Waals surface area contributed by atoms with E-state index in [2.05, 4.69) is 0 Å². The summed E-state index contributed by atoms with van der Waals surface area (Å²) < 4.78 is 10.2. The molecule has 0 saturated carbocycles. The van der Waals surface area contributed by atoms with Crippen molar-refractivity contribution in [2.24, 2.45) is 0 Å². The Bertz CT molecular complexity index is 985. The molecular weight excluding hydrogens is 444 g/mol. The first-order valence-corrected chi connectivity index (χ1v) is 12.1. The van der Waals surface area contributed by atoms with Gasteiger partial charge >= 0.3 is 11.9 Å². The summed E-state index contributed by atoms with van der Waals surface area (Å²) in [6.07, 6.45) is 1.24. The molecule has 0 aliphatic carbocycles. The van der Waals surface area contributed by atoms with Gasteiger partial charge in [0.2, 0.25) is 6.79 Å². The van der Waals surface area contributed by atoms with E-state index in [1.54, 1.807) is 12.1 Å². The highest BCUT2D eigenvalue weighted by molar-refractivity contribution is 5.71. The summed E-state index contributed by atoms with van der Waals surface area (Å²) in [6.45, 7) is 15.7. The van der Waals surface area contributed by atoms with Crippen LogP contribution in [0.3, 0.4) is 0 Å². The van der Waals surface area contributed by atoms with Gasteiger partial charge in [-0.3, -0.25) is 9.59 Å². The fourth-order valence-corrected chi connectivity index (χ4v) is 4.69. The molecular formula is C29H40O6. The van der Waals surface area contributed by atoms with Gasteiger partial charge in [0, 0.05) is 24.0 Å². The molecule has 35 heavy (non-hydrogen) atoms. The Balaban J connectivity index is 1.83. The summed E-state index contributed by atoms with van der Waals surface area (Å²) in [6, 6.07) is 6.97. The topological polar surface area (TPSA) is 93.1 Å². The highest BCUT2D eigenvalue weighted by Gasteiger charge is 2.23. The number of hydrogen-bond donors (Lipinski definition) is 2. The number of phenols is 2. The van der Waals surface area contributed by atoms with Gasteiger partial charge in [-0.05, 0) is 71.9 Å². The van der Waals surface area contributed by atoms with Crippen LogP contribution in [-0.4, -0.2) is 28.9 Å². The highest BCUT2D eigenvalue weighted by atomic mass is 16.7. The molecule has 0 amide bonds. The minimum absolute atomic E-state index is 0.148. The summed E-state index contributed by atoms with van der Waals surface area (Å²) in [7, 11) is 0. The van der Waals surface area contributed by atoms with Crippen molar-refractivity contribution in [1.29, 1.82) is 0 Å². The summed E-state index contributed by atoms with van der Waals surface area (Å²) in [5.74, 6) is -0.394. The standard InChI is InChI=1S/C29H40O6/c1-18-20(9-13-22(30)26(18)28(3,4)5)11-15-24(32)34-17-35-25(33)16-12-21-10-14-23(31)27(19(21)2)29(6,7)8/h9-10,13-14,30-31H,11-12,15-17H2,1-8H3. The van der Waals surface area contributed by atoms with E-state index >= 15 is 0 Å². The first-order chi connectivity index (χ1) is 16.1. The second-order valence-corrected chi connectivity index (χ2v) is 11.1. The maximum Gasteiger partial charge on any atom is 0.308 e. The number of carbonyl (C=O) groups is 2. The van der Waals surface area contributed by atoms with Crippen molar-refractivity contribution in [3.63, 3.8) is 0 Å². The van der Waals surface area contributed by atoms with E-state index in [0.717, 1.165) is 33.4 Å². The zero-order valence-corrected chi connectivity index (χ0v) is 22.4. The van der Waals surface area contributed by atoms with Crippen LogP contribution in [0.1, 0.15) is 87.8 Å². The molecule has 6 nitrogen and oxygen atoms in total. The van der Waals surface area contributed by atoms with Gasteiger partial charge in [0.1, 0.15) is 11.5 Å². The van der Waals surface area contributed by atoms with Crippen LogP contribution in [0.25, 0.3) is 0 Å². The number of phenolic OH excluding ortho intramolecular Hbond substituents is 2. The summed E-state index contributed by atoms with van der Waals surface area (Å²) >= 11 is 0. The Labute approximate surface area is 209 Å². The zero-order valence-electron chi connectivity index (χ0n) is 22.4. The third kappa shape index (κ3) is 7.48. The van der Waals surface area contributed by atoms with Gasteiger partial charge in [-0.2, -0.15) is 0 Å². The first-order valence-electron chi connectivity index (χ1n) is 12.1. The Kier molecular flexibility index (Phi) is 8.99. The molecule has 0 aliphatic rings. The average molecular weight is 485 g/mol. The Morgan fingerprint density at radius 1 is 0.686 bits per heavy atom. The predicted molar refractivity (Wildman–Crippen MR) is 137 cm³/mol. The molecule has 0 unspecified atom stereocenters. The molecule has 0 atom stereocenters. The third-order valence-electron chi connectivity index (χ3n) is 6.25. The molecule has 0 radical (unpaired) electrons. The van der Waals surface area contributed by atoms with Crippen LogP contribution in [0.2, 0.25) is 0 Å². The van der Waals surface area contributed by atoms with Crippen molar-refractivity contribution in [2.75, 3.05) is 6.79 Å². The van der Waals surface area contributed by atoms with E-state index in [1.165, 1.54) is 0 Å². The summed E-state index contributed by atoms with van der Waals surface area (Å²) in [5.41, 5.74) is 5.19. The molecule has 2 aromatic rings. The summed E-state index contributed by atoms with van der Waals surface area (Å²) in [4.78, 5) is 24.3. The molecule has 0 spiro atoms. The smallest absolute Gasteiger partial charge is 0.308 e. The van der Waals surface area contributed by atoms with E-state index in [9.17, 15) is 19.8 Å². The Hall–Kier alpha value is -3.02. The van der Waals surface area contributed by atoms with Gasteiger partial charge in [0.25, 0.3) is 0 Å². The number of hydrogen-bond acceptors (Lipinski definition) is 6. The molecule has 2 aromatic carbocycles. The molecule has 2 N–H and O–H groups in total. The number of carbonyl (C=O) groups excluding carboxylic acids is 2. The number of benzene rings is 2. The van der Waals surface area contributed by atoms with Crippen LogP contribution in [0, 0.1) is 13.8 Å². The van der Waals surface area contributed by atoms with Gasteiger partial charge in [0.15, 0.2) is 0 Å². The maximum atomic E-state index is 12.2. The molecule has 0 aromatic heterocycles. The van der Waals surface area contributed by atoms with E-state index in [-0.39, 0.29) is 35.2 Å². The van der Waals surface area contributed by atoms with Crippen LogP contribution in [0.4, 0.5) is 0 Å². The fourth-order valence-electron chi connectivity index (χ4n) is 4.69.